The molecule has 0 unspecified atom stereocenters. The second kappa shape index (κ2) is 6.29. The van der Waals surface area contributed by atoms with E-state index in [1.165, 1.54) is 18.5 Å². The highest BCUT2D eigenvalue weighted by Gasteiger charge is 2.30. The molecule has 1 aromatic carbocycles. The van der Waals surface area contributed by atoms with Gasteiger partial charge in [-0.2, -0.15) is 18.3 Å². The van der Waals surface area contributed by atoms with Crippen LogP contribution in [0.15, 0.2) is 46.9 Å². The fourth-order valence-corrected chi connectivity index (χ4v) is 1.77. The van der Waals surface area contributed by atoms with E-state index in [2.05, 4.69) is 15.2 Å². The van der Waals surface area contributed by atoms with Gasteiger partial charge >= 0.3 is 6.18 Å². The van der Waals surface area contributed by atoms with Gasteiger partial charge in [0.15, 0.2) is 5.82 Å². The minimum atomic E-state index is -4.37. The lowest BCUT2D eigenvalue weighted by atomic mass is 10.1. The molecule has 1 heterocycles. The monoisotopic (exact) mass is 310 g/mol. The predicted octanol–water partition coefficient (Wildman–Crippen LogP) is 1.56. The Morgan fingerprint density at radius 3 is 2.77 bits per heavy atom. The third-order valence-electron chi connectivity index (χ3n) is 2.70. The van der Waals surface area contributed by atoms with E-state index in [0.29, 0.717) is 11.4 Å². The van der Waals surface area contributed by atoms with Crippen molar-refractivity contribution < 1.29 is 13.2 Å². The summed E-state index contributed by atoms with van der Waals surface area (Å²) in [5, 5.41) is 7.06. The molecule has 22 heavy (non-hydrogen) atoms. The number of alkyl halides is 3. The van der Waals surface area contributed by atoms with Crippen molar-refractivity contribution >= 4 is 12.2 Å². The second-order valence-corrected chi connectivity index (χ2v) is 4.38. The van der Waals surface area contributed by atoms with Crippen LogP contribution in [0.5, 0.6) is 0 Å². The molecular formula is C13H13F3N6. The maximum atomic E-state index is 12.7. The molecule has 0 aliphatic rings. The smallest absolute Gasteiger partial charge is 0.369 e. The zero-order valence-corrected chi connectivity index (χ0v) is 11.3. The van der Waals surface area contributed by atoms with Gasteiger partial charge in [-0.15, -0.1) is 5.10 Å². The van der Waals surface area contributed by atoms with Crippen LogP contribution in [-0.2, 0) is 12.7 Å². The number of aromatic nitrogens is 2. The number of imidazole rings is 1. The van der Waals surface area contributed by atoms with Crippen molar-refractivity contribution in [3.63, 3.8) is 0 Å². The fraction of sp³-hybridized carbons (Fsp3) is 0.154. The first-order chi connectivity index (χ1) is 10.4. The first kappa shape index (κ1) is 15.5. The Labute approximate surface area is 124 Å². The van der Waals surface area contributed by atoms with Gasteiger partial charge in [0, 0.05) is 18.9 Å². The van der Waals surface area contributed by atoms with Crippen LogP contribution in [0.25, 0.3) is 0 Å². The fourth-order valence-electron chi connectivity index (χ4n) is 1.77. The van der Waals surface area contributed by atoms with E-state index in [0.717, 1.165) is 12.1 Å². The summed E-state index contributed by atoms with van der Waals surface area (Å²) in [6.07, 6.45) is 0.0670. The van der Waals surface area contributed by atoms with E-state index in [-0.39, 0.29) is 12.5 Å². The number of halogens is 3. The SMILES string of the molecule is NC(N)=N/N=C\c1nccn1Cc1cccc(C(F)(F)F)c1. The maximum absolute atomic E-state index is 12.7. The van der Waals surface area contributed by atoms with Crippen LogP contribution in [0, 0.1) is 0 Å². The Balaban J connectivity index is 2.20. The van der Waals surface area contributed by atoms with Gasteiger partial charge in [-0.05, 0) is 17.7 Å². The Kier molecular flexibility index (Phi) is 4.44. The molecule has 0 atom stereocenters. The summed E-state index contributed by atoms with van der Waals surface area (Å²) in [6, 6.07) is 5.09. The van der Waals surface area contributed by atoms with Gasteiger partial charge in [0.05, 0.1) is 11.8 Å². The van der Waals surface area contributed by atoms with Crippen molar-refractivity contribution in [2.24, 2.45) is 21.7 Å². The highest BCUT2D eigenvalue weighted by atomic mass is 19.4. The molecule has 0 saturated carbocycles. The molecule has 0 aliphatic carbocycles. The van der Waals surface area contributed by atoms with E-state index in [4.69, 9.17) is 11.5 Å². The summed E-state index contributed by atoms with van der Waals surface area (Å²) in [5.41, 5.74) is 10.1. The lowest BCUT2D eigenvalue weighted by Gasteiger charge is -2.09. The van der Waals surface area contributed by atoms with Gasteiger partial charge in [-0.1, -0.05) is 12.1 Å². The second-order valence-electron chi connectivity index (χ2n) is 4.38. The van der Waals surface area contributed by atoms with Gasteiger partial charge in [0.1, 0.15) is 0 Å². The summed E-state index contributed by atoms with van der Waals surface area (Å²) in [7, 11) is 0. The van der Waals surface area contributed by atoms with Crippen molar-refractivity contribution in [3.05, 3.63) is 53.6 Å². The molecule has 0 spiro atoms. The van der Waals surface area contributed by atoms with Crippen LogP contribution in [0.3, 0.4) is 0 Å². The van der Waals surface area contributed by atoms with E-state index in [1.807, 2.05) is 0 Å². The molecular weight excluding hydrogens is 297 g/mol. The average Bonchev–Trinajstić information content (AvgIpc) is 2.85. The summed E-state index contributed by atoms with van der Waals surface area (Å²) in [5.74, 6) is 0.217. The average molecular weight is 310 g/mol. The van der Waals surface area contributed by atoms with E-state index in [1.54, 1.807) is 16.8 Å². The maximum Gasteiger partial charge on any atom is 0.416 e. The largest absolute Gasteiger partial charge is 0.416 e. The number of hydrogen-bond donors (Lipinski definition) is 2. The molecule has 0 bridgehead atoms. The van der Waals surface area contributed by atoms with Crippen LogP contribution in [-0.4, -0.2) is 21.7 Å². The van der Waals surface area contributed by atoms with E-state index < -0.39 is 11.7 Å². The molecule has 0 aliphatic heterocycles. The molecule has 9 heteroatoms. The van der Waals surface area contributed by atoms with E-state index >= 15 is 0 Å². The topological polar surface area (TPSA) is 94.6 Å². The van der Waals surface area contributed by atoms with E-state index in [9.17, 15) is 13.2 Å². The Bertz CT molecular complexity index is 698. The zero-order chi connectivity index (χ0) is 16.2. The van der Waals surface area contributed by atoms with Crippen molar-refractivity contribution in [1.82, 2.24) is 9.55 Å². The Morgan fingerprint density at radius 2 is 2.09 bits per heavy atom. The molecule has 0 fully saturated rings. The van der Waals surface area contributed by atoms with Crippen LogP contribution in [0.1, 0.15) is 17.0 Å². The normalized spacial score (nSPS) is 11.8. The molecule has 2 aromatic rings. The number of rotatable bonds is 4. The third kappa shape index (κ3) is 4.08. The lowest BCUT2D eigenvalue weighted by molar-refractivity contribution is -0.137. The highest BCUT2D eigenvalue weighted by molar-refractivity contribution is 5.78. The Morgan fingerprint density at radius 1 is 1.32 bits per heavy atom. The standard InChI is InChI=1S/C13H13F3N6/c14-13(15,16)10-3-1-2-9(6-10)8-22-5-4-19-11(22)7-20-21-12(17)18/h1-7H,8H2,(H4,17,18,21)/b20-7-. The molecule has 2 rings (SSSR count). The predicted molar refractivity (Wildman–Crippen MR) is 76.2 cm³/mol. The minimum absolute atomic E-state index is 0.202. The van der Waals surface area contributed by atoms with Crippen molar-refractivity contribution in [2.45, 2.75) is 12.7 Å². The van der Waals surface area contributed by atoms with Gasteiger partial charge in [-0.3, -0.25) is 0 Å². The molecule has 0 radical (unpaired) electrons. The number of nitrogens with two attached hydrogens (primary N) is 2. The highest BCUT2D eigenvalue weighted by Crippen LogP contribution is 2.29. The van der Waals surface area contributed by atoms with Gasteiger partial charge in [-0.25, -0.2) is 4.98 Å². The van der Waals surface area contributed by atoms with Gasteiger partial charge < -0.3 is 16.0 Å². The van der Waals surface area contributed by atoms with Gasteiger partial charge in [0.2, 0.25) is 5.96 Å². The number of nitrogens with zero attached hydrogens (tertiary/aromatic N) is 4. The summed E-state index contributed by atoms with van der Waals surface area (Å²) in [6.45, 7) is 0.215. The van der Waals surface area contributed by atoms with Crippen LogP contribution in [0.2, 0.25) is 0 Å². The minimum Gasteiger partial charge on any atom is -0.369 e. The van der Waals surface area contributed by atoms with Crippen LogP contribution < -0.4 is 11.5 Å². The van der Waals surface area contributed by atoms with Crippen molar-refractivity contribution in [3.8, 4) is 0 Å². The number of guanidine groups is 1. The summed E-state index contributed by atoms with van der Waals surface area (Å²) >= 11 is 0. The third-order valence-corrected chi connectivity index (χ3v) is 2.70. The van der Waals surface area contributed by atoms with Crippen molar-refractivity contribution in [1.29, 1.82) is 0 Å². The molecule has 0 saturated heterocycles. The summed E-state index contributed by atoms with van der Waals surface area (Å²) in [4.78, 5) is 4.02. The first-order valence-corrected chi connectivity index (χ1v) is 6.15. The number of benzene rings is 1. The van der Waals surface area contributed by atoms with Crippen LogP contribution in [0.4, 0.5) is 13.2 Å². The lowest BCUT2D eigenvalue weighted by Crippen LogP contribution is -2.21. The Hall–Kier alpha value is -2.84. The number of hydrogen-bond acceptors (Lipinski definition) is 3. The van der Waals surface area contributed by atoms with Crippen molar-refractivity contribution in [2.75, 3.05) is 0 Å². The molecule has 0 amide bonds. The molecule has 116 valence electrons. The van der Waals surface area contributed by atoms with Crippen LogP contribution >= 0.6 is 0 Å². The van der Waals surface area contributed by atoms with Gasteiger partial charge in [0.25, 0.3) is 0 Å². The quantitative estimate of drug-likeness (QED) is 0.509. The molecule has 6 nitrogen and oxygen atoms in total. The summed E-state index contributed by atoms with van der Waals surface area (Å²) < 4.78 is 39.7. The first-order valence-electron chi connectivity index (χ1n) is 6.15. The zero-order valence-electron chi connectivity index (χ0n) is 11.3. The molecule has 4 N–H and O–H groups in total. The molecule has 1 aromatic heterocycles.